The van der Waals surface area contributed by atoms with Crippen molar-refractivity contribution in [1.82, 2.24) is 0 Å². The van der Waals surface area contributed by atoms with Crippen molar-refractivity contribution in [3.8, 4) is 0 Å². The third kappa shape index (κ3) is 4.85. The second-order valence-corrected chi connectivity index (χ2v) is 6.77. The summed E-state index contributed by atoms with van der Waals surface area (Å²) in [5.41, 5.74) is 7.47. The van der Waals surface area contributed by atoms with Crippen LogP contribution in [0.25, 0.3) is 0 Å². The lowest BCUT2D eigenvalue weighted by Crippen LogP contribution is -2.44. The molecule has 0 aromatic heterocycles. The number of hydrogen-bond donors (Lipinski definition) is 1. The number of rotatable bonds is 6. The molecular weight excluding hydrogens is 305 g/mol. The summed E-state index contributed by atoms with van der Waals surface area (Å²) in [7, 11) is 0. The maximum absolute atomic E-state index is 6.46. The van der Waals surface area contributed by atoms with Crippen LogP contribution < -0.4 is 5.73 Å². The minimum atomic E-state index is -0.0379. The lowest BCUT2D eigenvalue weighted by molar-refractivity contribution is -0.00911. The van der Waals surface area contributed by atoms with Crippen molar-refractivity contribution in [2.45, 2.75) is 57.6 Å². The van der Waals surface area contributed by atoms with E-state index in [-0.39, 0.29) is 12.1 Å². The van der Waals surface area contributed by atoms with Crippen LogP contribution in [0.15, 0.2) is 18.2 Å². The molecule has 0 saturated heterocycles. The largest absolute Gasteiger partial charge is 0.377 e. The zero-order valence-corrected chi connectivity index (χ0v) is 14.2. The molecule has 1 aliphatic rings. The van der Waals surface area contributed by atoms with Gasteiger partial charge in [-0.1, -0.05) is 42.5 Å². The maximum atomic E-state index is 6.46. The Kier molecular flexibility index (Phi) is 6.81. The van der Waals surface area contributed by atoms with Gasteiger partial charge in [0, 0.05) is 22.7 Å². The van der Waals surface area contributed by atoms with Gasteiger partial charge in [-0.3, -0.25) is 0 Å². The number of nitrogens with two attached hydrogens (primary N) is 1. The lowest BCUT2D eigenvalue weighted by Gasteiger charge is -2.34. The number of hydrogen-bond acceptors (Lipinski definition) is 2. The first kappa shape index (κ1) is 17.1. The molecular formula is C17H25Cl2NO. The van der Waals surface area contributed by atoms with E-state index in [1.165, 1.54) is 32.1 Å². The average Bonchev–Trinajstić information content (AvgIpc) is 2.49. The highest BCUT2D eigenvalue weighted by molar-refractivity contribution is 6.33. The first-order chi connectivity index (χ1) is 10.1. The maximum Gasteiger partial charge on any atom is 0.0757 e. The number of benzene rings is 1. The molecule has 0 amide bonds. The monoisotopic (exact) mass is 329 g/mol. The van der Waals surface area contributed by atoms with Gasteiger partial charge >= 0.3 is 0 Å². The van der Waals surface area contributed by atoms with Crippen LogP contribution in [-0.4, -0.2) is 18.8 Å². The fraction of sp³-hybridized carbons (Fsp3) is 0.647. The smallest absolute Gasteiger partial charge is 0.0757 e. The molecule has 1 fully saturated rings. The summed E-state index contributed by atoms with van der Waals surface area (Å²) in [5.74, 6) is 0.576. The van der Waals surface area contributed by atoms with Crippen molar-refractivity contribution in [2.75, 3.05) is 6.61 Å². The Morgan fingerprint density at radius 2 is 1.95 bits per heavy atom. The summed E-state index contributed by atoms with van der Waals surface area (Å²) < 4.78 is 5.98. The Morgan fingerprint density at radius 1 is 1.24 bits per heavy atom. The van der Waals surface area contributed by atoms with Gasteiger partial charge in [-0.15, -0.1) is 0 Å². The van der Waals surface area contributed by atoms with Gasteiger partial charge in [0.05, 0.1) is 6.10 Å². The minimum Gasteiger partial charge on any atom is -0.377 e. The predicted octanol–water partition coefficient (Wildman–Crippen LogP) is 4.85. The molecule has 1 aromatic carbocycles. The molecule has 0 bridgehead atoms. The Morgan fingerprint density at radius 3 is 2.62 bits per heavy atom. The van der Waals surface area contributed by atoms with Crippen molar-refractivity contribution >= 4 is 23.2 Å². The van der Waals surface area contributed by atoms with Crippen LogP contribution in [0.3, 0.4) is 0 Å². The molecule has 2 unspecified atom stereocenters. The molecule has 2 N–H and O–H groups in total. The van der Waals surface area contributed by atoms with Gasteiger partial charge in [-0.05, 0) is 55.9 Å². The summed E-state index contributed by atoms with van der Waals surface area (Å²) in [6.07, 6.45) is 7.19. The average molecular weight is 330 g/mol. The fourth-order valence-electron chi connectivity index (χ4n) is 3.33. The number of ether oxygens (including phenoxy) is 1. The Labute approximate surface area is 137 Å². The second-order valence-electron chi connectivity index (χ2n) is 5.92. The van der Waals surface area contributed by atoms with Gasteiger partial charge in [0.15, 0.2) is 0 Å². The summed E-state index contributed by atoms with van der Waals surface area (Å²) in [5, 5.41) is 1.43. The van der Waals surface area contributed by atoms with Crippen LogP contribution in [0.5, 0.6) is 0 Å². The summed E-state index contributed by atoms with van der Waals surface area (Å²) in [6, 6.07) is 5.51. The van der Waals surface area contributed by atoms with Crippen LogP contribution in [-0.2, 0) is 11.2 Å². The molecule has 0 radical (unpaired) electrons. The van der Waals surface area contributed by atoms with Crippen LogP contribution in [0.4, 0.5) is 0 Å². The Balaban J connectivity index is 2.06. The van der Waals surface area contributed by atoms with Crippen LogP contribution in [0.2, 0.25) is 10.0 Å². The van der Waals surface area contributed by atoms with E-state index >= 15 is 0 Å². The van der Waals surface area contributed by atoms with Gasteiger partial charge in [0.1, 0.15) is 0 Å². The standard InChI is InChI=1S/C17H25Cl2NO/c1-2-21-17(12-6-4-3-5-7-12)16(20)11-13-10-14(18)8-9-15(13)19/h8-10,12,16-17H,2-7,11,20H2,1H3. The minimum absolute atomic E-state index is 0.0379. The molecule has 1 aliphatic carbocycles. The topological polar surface area (TPSA) is 35.2 Å². The molecule has 0 spiro atoms. The van der Waals surface area contributed by atoms with E-state index in [0.717, 1.165) is 10.6 Å². The second kappa shape index (κ2) is 8.38. The predicted molar refractivity (Wildman–Crippen MR) is 90.1 cm³/mol. The molecule has 0 aliphatic heterocycles. The third-order valence-electron chi connectivity index (χ3n) is 4.36. The first-order valence-electron chi connectivity index (χ1n) is 7.93. The first-order valence-corrected chi connectivity index (χ1v) is 8.68. The van der Waals surface area contributed by atoms with E-state index < -0.39 is 0 Å². The molecule has 1 saturated carbocycles. The van der Waals surface area contributed by atoms with Crippen molar-refractivity contribution < 1.29 is 4.74 Å². The highest BCUT2D eigenvalue weighted by Gasteiger charge is 2.29. The fourth-order valence-corrected chi connectivity index (χ4v) is 3.72. The number of halogens is 2. The van der Waals surface area contributed by atoms with Crippen molar-refractivity contribution in [3.63, 3.8) is 0 Å². The molecule has 2 rings (SSSR count). The lowest BCUT2D eigenvalue weighted by atomic mass is 9.81. The molecule has 1 aromatic rings. The van der Waals surface area contributed by atoms with Gasteiger partial charge in [0.2, 0.25) is 0 Å². The third-order valence-corrected chi connectivity index (χ3v) is 4.96. The Hall–Kier alpha value is -0.280. The van der Waals surface area contributed by atoms with E-state index in [4.69, 9.17) is 33.7 Å². The molecule has 21 heavy (non-hydrogen) atoms. The highest BCUT2D eigenvalue weighted by Crippen LogP contribution is 2.31. The molecule has 0 heterocycles. The van der Waals surface area contributed by atoms with Gasteiger partial charge < -0.3 is 10.5 Å². The van der Waals surface area contributed by atoms with E-state index in [0.29, 0.717) is 24.0 Å². The van der Waals surface area contributed by atoms with Crippen LogP contribution in [0, 0.1) is 5.92 Å². The van der Waals surface area contributed by atoms with E-state index in [9.17, 15) is 0 Å². The SMILES string of the molecule is CCOC(C(N)Cc1cc(Cl)ccc1Cl)C1CCCCC1. The normalized spacial score (nSPS) is 19.4. The van der Waals surface area contributed by atoms with E-state index in [2.05, 4.69) is 0 Å². The van der Waals surface area contributed by atoms with E-state index in [1.807, 2.05) is 19.1 Å². The molecule has 118 valence electrons. The van der Waals surface area contributed by atoms with Gasteiger partial charge in [0.25, 0.3) is 0 Å². The molecule has 2 nitrogen and oxygen atoms in total. The van der Waals surface area contributed by atoms with Gasteiger partial charge in [-0.25, -0.2) is 0 Å². The highest BCUT2D eigenvalue weighted by atomic mass is 35.5. The van der Waals surface area contributed by atoms with Crippen LogP contribution >= 0.6 is 23.2 Å². The van der Waals surface area contributed by atoms with Crippen molar-refractivity contribution in [2.24, 2.45) is 11.7 Å². The summed E-state index contributed by atoms with van der Waals surface area (Å²) in [4.78, 5) is 0. The van der Waals surface area contributed by atoms with Gasteiger partial charge in [-0.2, -0.15) is 0 Å². The summed E-state index contributed by atoms with van der Waals surface area (Å²) >= 11 is 12.3. The van der Waals surface area contributed by atoms with Crippen LogP contribution in [0.1, 0.15) is 44.6 Å². The Bertz CT molecular complexity index is 446. The quantitative estimate of drug-likeness (QED) is 0.809. The molecule has 4 heteroatoms. The molecule has 2 atom stereocenters. The van der Waals surface area contributed by atoms with E-state index in [1.54, 1.807) is 6.07 Å². The summed E-state index contributed by atoms with van der Waals surface area (Å²) in [6.45, 7) is 2.74. The zero-order valence-electron chi connectivity index (χ0n) is 12.7. The van der Waals surface area contributed by atoms with Crippen molar-refractivity contribution in [3.05, 3.63) is 33.8 Å². The zero-order chi connectivity index (χ0) is 15.2. The van der Waals surface area contributed by atoms with Crippen molar-refractivity contribution in [1.29, 1.82) is 0 Å².